The Hall–Kier alpha value is -1.55. The molecule has 3 N–H and O–H groups in total. The van der Waals surface area contributed by atoms with Crippen LogP contribution >= 0.6 is 0 Å². The molecule has 0 amide bonds. The highest BCUT2D eigenvalue weighted by molar-refractivity contribution is 5.78. The fourth-order valence-corrected chi connectivity index (χ4v) is 2.37. The molecule has 19 heavy (non-hydrogen) atoms. The molecule has 0 radical (unpaired) electrons. The summed E-state index contributed by atoms with van der Waals surface area (Å²) in [6.45, 7) is 4.86. The lowest BCUT2D eigenvalue weighted by Crippen LogP contribution is -2.42. The van der Waals surface area contributed by atoms with E-state index in [-0.39, 0.29) is 6.61 Å². The first-order valence-corrected chi connectivity index (χ1v) is 6.93. The van der Waals surface area contributed by atoms with Crippen LogP contribution in [0.5, 0.6) is 0 Å². The van der Waals surface area contributed by atoms with Crippen LogP contribution in [-0.4, -0.2) is 29.1 Å². The molecule has 4 heteroatoms. The van der Waals surface area contributed by atoms with Crippen LogP contribution in [0.1, 0.15) is 30.9 Å². The number of guanidine groups is 1. The lowest BCUT2D eigenvalue weighted by atomic mass is 10.00. The Morgan fingerprint density at radius 1 is 1.32 bits per heavy atom. The van der Waals surface area contributed by atoms with Crippen molar-refractivity contribution in [2.75, 3.05) is 13.1 Å². The molecule has 0 unspecified atom stereocenters. The van der Waals surface area contributed by atoms with E-state index in [2.05, 4.69) is 16.8 Å². The second-order valence-electron chi connectivity index (χ2n) is 5.27. The number of likely N-dealkylation sites (tertiary alicyclic amines) is 1. The third kappa shape index (κ3) is 3.70. The number of nitrogens with zero attached hydrogens (tertiary/aromatic N) is 2. The number of benzene rings is 1. The number of hydrogen-bond acceptors (Lipinski definition) is 2. The van der Waals surface area contributed by atoms with Crippen molar-refractivity contribution in [3.63, 3.8) is 0 Å². The highest BCUT2D eigenvalue weighted by atomic mass is 16.3. The minimum atomic E-state index is 0.0484. The van der Waals surface area contributed by atoms with Gasteiger partial charge in [0, 0.05) is 13.1 Å². The van der Waals surface area contributed by atoms with Gasteiger partial charge in [-0.3, -0.25) is 0 Å². The minimum absolute atomic E-state index is 0.0484. The summed E-state index contributed by atoms with van der Waals surface area (Å²) in [5, 5.41) is 9.27. The molecule has 1 saturated heterocycles. The number of hydrogen-bond donors (Lipinski definition) is 2. The summed E-state index contributed by atoms with van der Waals surface area (Å²) in [6.07, 6.45) is 2.37. The molecule has 4 nitrogen and oxygen atoms in total. The van der Waals surface area contributed by atoms with E-state index in [1.807, 2.05) is 24.3 Å². The number of aliphatic hydroxyl groups excluding tert-OH is 1. The van der Waals surface area contributed by atoms with Gasteiger partial charge in [0.05, 0.1) is 13.2 Å². The average Bonchev–Trinajstić information content (AvgIpc) is 2.45. The first kappa shape index (κ1) is 13.9. The van der Waals surface area contributed by atoms with E-state index < -0.39 is 0 Å². The molecule has 2 rings (SSSR count). The van der Waals surface area contributed by atoms with Crippen LogP contribution in [0.15, 0.2) is 29.3 Å². The van der Waals surface area contributed by atoms with Crippen molar-refractivity contribution in [3.05, 3.63) is 35.4 Å². The first-order valence-electron chi connectivity index (χ1n) is 6.93. The molecule has 0 aliphatic carbocycles. The molecule has 0 spiro atoms. The predicted molar refractivity (Wildman–Crippen MR) is 77.7 cm³/mol. The van der Waals surface area contributed by atoms with Gasteiger partial charge in [0.1, 0.15) is 0 Å². The fraction of sp³-hybridized carbons (Fsp3) is 0.533. The van der Waals surface area contributed by atoms with Crippen LogP contribution in [0.3, 0.4) is 0 Å². The molecule has 0 aromatic heterocycles. The average molecular weight is 261 g/mol. The molecule has 1 aliphatic heterocycles. The SMILES string of the molecule is CC1CCN(C(N)=NCc2ccccc2CO)CC1. The molecule has 0 atom stereocenters. The largest absolute Gasteiger partial charge is 0.392 e. The van der Waals surface area contributed by atoms with E-state index in [1.54, 1.807) is 0 Å². The van der Waals surface area contributed by atoms with Gasteiger partial charge in [0.15, 0.2) is 5.96 Å². The zero-order valence-electron chi connectivity index (χ0n) is 11.5. The molecule has 1 aromatic rings. The third-order valence-electron chi connectivity index (χ3n) is 3.81. The first-order chi connectivity index (χ1) is 9.20. The molecule has 1 aromatic carbocycles. The molecule has 1 heterocycles. The van der Waals surface area contributed by atoms with E-state index in [0.717, 1.165) is 30.1 Å². The summed E-state index contributed by atoms with van der Waals surface area (Å²) in [6, 6.07) is 7.79. The summed E-state index contributed by atoms with van der Waals surface area (Å²) in [4.78, 5) is 6.62. The van der Waals surface area contributed by atoms with Gasteiger partial charge in [-0.1, -0.05) is 31.2 Å². The second kappa shape index (κ2) is 6.57. The van der Waals surface area contributed by atoms with Gasteiger partial charge in [0.25, 0.3) is 0 Å². The van der Waals surface area contributed by atoms with Crippen molar-refractivity contribution in [2.45, 2.75) is 32.9 Å². The number of rotatable bonds is 3. The van der Waals surface area contributed by atoms with E-state index in [1.165, 1.54) is 12.8 Å². The second-order valence-corrected chi connectivity index (χ2v) is 5.27. The third-order valence-corrected chi connectivity index (χ3v) is 3.81. The number of piperidine rings is 1. The Bertz CT molecular complexity index is 437. The highest BCUT2D eigenvalue weighted by Crippen LogP contribution is 2.16. The van der Waals surface area contributed by atoms with Crippen molar-refractivity contribution in [1.82, 2.24) is 4.90 Å². The maximum Gasteiger partial charge on any atom is 0.191 e. The van der Waals surface area contributed by atoms with Crippen LogP contribution in [0.4, 0.5) is 0 Å². The van der Waals surface area contributed by atoms with Gasteiger partial charge >= 0.3 is 0 Å². The number of aliphatic imine (C=N–C) groups is 1. The Labute approximate surface area is 114 Å². The van der Waals surface area contributed by atoms with E-state index in [0.29, 0.717) is 12.5 Å². The van der Waals surface area contributed by atoms with E-state index in [4.69, 9.17) is 5.73 Å². The summed E-state index contributed by atoms with van der Waals surface area (Å²) >= 11 is 0. The van der Waals surface area contributed by atoms with Crippen LogP contribution in [0, 0.1) is 5.92 Å². The van der Waals surface area contributed by atoms with Gasteiger partial charge in [-0.2, -0.15) is 0 Å². The molecule has 0 bridgehead atoms. The molecular formula is C15H23N3O. The zero-order valence-corrected chi connectivity index (χ0v) is 11.5. The van der Waals surface area contributed by atoms with E-state index >= 15 is 0 Å². The monoisotopic (exact) mass is 261 g/mol. The summed E-state index contributed by atoms with van der Waals surface area (Å²) < 4.78 is 0. The van der Waals surface area contributed by atoms with Crippen molar-refractivity contribution in [3.8, 4) is 0 Å². The predicted octanol–water partition coefficient (Wildman–Crippen LogP) is 1.73. The Kier molecular flexibility index (Phi) is 4.80. The standard InChI is InChI=1S/C15H23N3O/c1-12-6-8-18(9-7-12)15(16)17-10-13-4-2-3-5-14(13)11-19/h2-5,12,19H,6-11H2,1H3,(H2,16,17). The Morgan fingerprint density at radius 2 is 1.95 bits per heavy atom. The maximum absolute atomic E-state index is 9.27. The summed E-state index contributed by atoms with van der Waals surface area (Å²) in [7, 11) is 0. The molecular weight excluding hydrogens is 238 g/mol. The lowest BCUT2D eigenvalue weighted by Gasteiger charge is -2.31. The topological polar surface area (TPSA) is 61.8 Å². The quantitative estimate of drug-likeness (QED) is 0.643. The lowest BCUT2D eigenvalue weighted by molar-refractivity contribution is 0.277. The summed E-state index contributed by atoms with van der Waals surface area (Å²) in [5.41, 5.74) is 8.01. The number of nitrogens with two attached hydrogens (primary N) is 1. The van der Waals surface area contributed by atoms with Crippen LogP contribution < -0.4 is 5.73 Å². The van der Waals surface area contributed by atoms with Crippen LogP contribution in [-0.2, 0) is 13.2 Å². The van der Waals surface area contributed by atoms with Gasteiger partial charge in [-0.05, 0) is 29.9 Å². The van der Waals surface area contributed by atoms with Gasteiger partial charge in [0.2, 0.25) is 0 Å². The maximum atomic E-state index is 9.27. The number of aliphatic hydroxyl groups is 1. The van der Waals surface area contributed by atoms with Crippen LogP contribution in [0.25, 0.3) is 0 Å². The van der Waals surface area contributed by atoms with Gasteiger partial charge in [-0.15, -0.1) is 0 Å². The normalized spacial score (nSPS) is 17.8. The Morgan fingerprint density at radius 3 is 2.58 bits per heavy atom. The highest BCUT2D eigenvalue weighted by Gasteiger charge is 2.16. The molecule has 1 aliphatic rings. The van der Waals surface area contributed by atoms with Crippen molar-refractivity contribution >= 4 is 5.96 Å². The van der Waals surface area contributed by atoms with E-state index in [9.17, 15) is 5.11 Å². The van der Waals surface area contributed by atoms with Crippen molar-refractivity contribution < 1.29 is 5.11 Å². The minimum Gasteiger partial charge on any atom is -0.392 e. The smallest absolute Gasteiger partial charge is 0.191 e. The van der Waals surface area contributed by atoms with Gasteiger partial charge in [-0.25, -0.2) is 4.99 Å². The van der Waals surface area contributed by atoms with Crippen molar-refractivity contribution in [2.24, 2.45) is 16.6 Å². The summed E-state index contributed by atoms with van der Waals surface area (Å²) in [5.74, 6) is 1.42. The Balaban J connectivity index is 1.97. The fourth-order valence-electron chi connectivity index (χ4n) is 2.37. The zero-order chi connectivity index (χ0) is 13.7. The van der Waals surface area contributed by atoms with Crippen LogP contribution in [0.2, 0.25) is 0 Å². The molecule has 1 fully saturated rings. The van der Waals surface area contributed by atoms with Gasteiger partial charge < -0.3 is 15.7 Å². The molecule has 104 valence electrons. The van der Waals surface area contributed by atoms with Crippen molar-refractivity contribution in [1.29, 1.82) is 0 Å². The molecule has 0 saturated carbocycles.